The molecule has 6 nitrogen and oxygen atoms in total. The number of halogens is 2. The fourth-order valence-electron chi connectivity index (χ4n) is 3.11. The van der Waals surface area contributed by atoms with E-state index < -0.39 is 35.7 Å². The Kier molecular flexibility index (Phi) is 8.24. The first kappa shape index (κ1) is 22.6. The van der Waals surface area contributed by atoms with Gasteiger partial charge in [0.1, 0.15) is 11.7 Å². The van der Waals surface area contributed by atoms with E-state index in [0.29, 0.717) is 0 Å². The van der Waals surface area contributed by atoms with Crippen LogP contribution in [0.3, 0.4) is 0 Å². The van der Waals surface area contributed by atoms with Crippen LogP contribution < -0.4 is 5.32 Å². The van der Waals surface area contributed by atoms with E-state index >= 15 is 0 Å². The van der Waals surface area contributed by atoms with Crippen molar-refractivity contribution >= 4 is 12.1 Å². The number of hydrogen-bond acceptors (Lipinski definition) is 5. The van der Waals surface area contributed by atoms with Crippen molar-refractivity contribution in [3.63, 3.8) is 0 Å². The predicted octanol–water partition coefficient (Wildman–Crippen LogP) is 3.41. The Morgan fingerprint density at radius 2 is 1.77 bits per heavy atom. The van der Waals surface area contributed by atoms with Crippen LogP contribution in [0.5, 0.6) is 0 Å². The lowest BCUT2D eigenvalue weighted by atomic mass is 9.83. The molecule has 0 aromatic carbocycles. The average molecular weight is 379 g/mol. The van der Waals surface area contributed by atoms with Gasteiger partial charge in [-0.15, -0.1) is 0 Å². The molecule has 8 heteroatoms. The highest BCUT2D eigenvalue weighted by atomic mass is 19.3. The van der Waals surface area contributed by atoms with Crippen LogP contribution in [0.1, 0.15) is 66.2 Å². The number of alkyl halides is 2. The molecule has 1 aliphatic carbocycles. The summed E-state index contributed by atoms with van der Waals surface area (Å²) in [6.07, 6.45) is 1.57. The van der Waals surface area contributed by atoms with Gasteiger partial charge < -0.3 is 19.9 Å². The van der Waals surface area contributed by atoms with Crippen molar-refractivity contribution in [3.8, 4) is 0 Å². The third-order valence-electron chi connectivity index (χ3n) is 4.31. The van der Waals surface area contributed by atoms with Crippen LogP contribution in [0.4, 0.5) is 13.6 Å². The number of aliphatic hydroxyl groups is 1. The Morgan fingerprint density at radius 3 is 2.27 bits per heavy atom. The number of esters is 1. The average Bonchev–Trinajstić information content (AvgIpc) is 2.53. The standard InChI is InChI=1S/C18H31F2NO5/c1-5-25-15(23)18(19,20)14(22)13(11-12-9-7-6-8-10-12)21-16(24)26-17(2,3)4/h12-14,22H,5-11H2,1-4H3,(H,21,24)/t13-,14+/m1/s1. The van der Waals surface area contributed by atoms with Gasteiger partial charge in [0, 0.05) is 0 Å². The number of carbonyl (C=O) groups excluding carboxylic acids is 2. The summed E-state index contributed by atoms with van der Waals surface area (Å²) in [5, 5.41) is 12.5. The van der Waals surface area contributed by atoms with Crippen LogP contribution in [-0.4, -0.2) is 47.4 Å². The van der Waals surface area contributed by atoms with Crippen LogP contribution in [0.25, 0.3) is 0 Å². The molecule has 1 amide bonds. The molecule has 0 unspecified atom stereocenters. The molecule has 2 N–H and O–H groups in total. The molecule has 0 aromatic rings. The van der Waals surface area contributed by atoms with E-state index in [1.54, 1.807) is 20.8 Å². The molecule has 0 saturated heterocycles. The summed E-state index contributed by atoms with van der Waals surface area (Å²) >= 11 is 0. The second-order valence-corrected chi connectivity index (χ2v) is 7.78. The molecular weight excluding hydrogens is 348 g/mol. The SMILES string of the molecule is CCOC(=O)C(F)(F)[C@@H](O)[C@@H](CC1CCCCC1)NC(=O)OC(C)(C)C. The lowest BCUT2D eigenvalue weighted by Crippen LogP contribution is -2.56. The van der Waals surface area contributed by atoms with Crippen LogP contribution in [0, 0.1) is 5.92 Å². The third-order valence-corrected chi connectivity index (χ3v) is 4.31. The second-order valence-electron chi connectivity index (χ2n) is 7.78. The van der Waals surface area contributed by atoms with Gasteiger partial charge in [0.15, 0.2) is 0 Å². The van der Waals surface area contributed by atoms with Gasteiger partial charge in [-0.1, -0.05) is 32.1 Å². The van der Waals surface area contributed by atoms with Gasteiger partial charge in [-0.3, -0.25) is 0 Å². The maximum Gasteiger partial charge on any atom is 0.407 e. The van der Waals surface area contributed by atoms with Crippen molar-refractivity contribution in [2.75, 3.05) is 6.61 Å². The Morgan fingerprint density at radius 1 is 1.19 bits per heavy atom. The van der Waals surface area contributed by atoms with Crippen LogP contribution in [0.15, 0.2) is 0 Å². The maximum atomic E-state index is 14.3. The Labute approximate surface area is 153 Å². The summed E-state index contributed by atoms with van der Waals surface area (Å²) in [5.41, 5.74) is -0.811. The van der Waals surface area contributed by atoms with E-state index in [1.165, 1.54) is 6.92 Å². The minimum Gasteiger partial charge on any atom is -0.461 e. The Hall–Kier alpha value is -1.44. The molecule has 1 aliphatic rings. The Bertz CT molecular complexity index is 473. The van der Waals surface area contributed by atoms with Crippen molar-refractivity contribution < 1.29 is 33.0 Å². The molecule has 1 rings (SSSR count). The van der Waals surface area contributed by atoms with Crippen molar-refractivity contribution in [2.45, 2.75) is 89.9 Å². The topological polar surface area (TPSA) is 84.9 Å². The minimum atomic E-state index is -4.12. The van der Waals surface area contributed by atoms with Gasteiger partial charge in [0.05, 0.1) is 12.6 Å². The number of ether oxygens (including phenoxy) is 2. The van der Waals surface area contributed by atoms with Gasteiger partial charge in [0.2, 0.25) is 0 Å². The fourth-order valence-corrected chi connectivity index (χ4v) is 3.11. The largest absolute Gasteiger partial charge is 0.461 e. The molecule has 0 radical (unpaired) electrons. The van der Waals surface area contributed by atoms with Crippen molar-refractivity contribution in [3.05, 3.63) is 0 Å². The summed E-state index contributed by atoms with van der Waals surface area (Å²) < 4.78 is 38.0. The highest BCUT2D eigenvalue weighted by molar-refractivity contribution is 5.78. The van der Waals surface area contributed by atoms with Gasteiger partial charge >= 0.3 is 18.0 Å². The normalized spacial score (nSPS) is 18.7. The zero-order valence-electron chi connectivity index (χ0n) is 16.0. The van der Waals surface area contributed by atoms with E-state index in [0.717, 1.165) is 32.1 Å². The molecule has 0 aliphatic heterocycles. The molecular formula is C18H31F2NO5. The molecule has 2 atom stereocenters. The monoisotopic (exact) mass is 379 g/mol. The van der Waals surface area contributed by atoms with Gasteiger partial charge in [-0.2, -0.15) is 8.78 Å². The summed E-state index contributed by atoms with van der Waals surface area (Å²) in [5.74, 6) is -5.83. The van der Waals surface area contributed by atoms with Crippen LogP contribution in [-0.2, 0) is 14.3 Å². The Balaban J connectivity index is 2.90. The quantitative estimate of drug-likeness (QED) is 0.662. The molecule has 152 valence electrons. The highest BCUT2D eigenvalue weighted by Gasteiger charge is 2.52. The lowest BCUT2D eigenvalue weighted by molar-refractivity contribution is -0.191. The zero-order chi connectivity index (χ0) is 20.0. The van der Waals surface area contributed by atoms with E-state index in [9.17, 15) is 23.5 Å². The van der Waals surface area contributed by atoms with E-state index in [2.05, 4.69) is 10.1 Å². The lowest BCUT2D eigenvalue weighted by Gasteiger charge is -2.33. The van der Waals surface area contributed by atoms with Gasteiger partial charge in [0.25, 0.3) is 0 Å². The maximum absolute atomic E-state index is 14.3. The first-order valence-electron chi connectivity index (χ1n) is 9.20. The number of nitrogens with one attached hydrogen (secondary N) is 1. The zero-order valence-corrected chi connectivity index (χ0v) is 16.0. The number of carbonyl (C=O) groups is 2. The molecule has 1 fully saturated rings. The predicted molar refractivity (Wildman–Crippen MR) is 91.9 cm³/mol. The molecule has 0 spiro atoms. The summed E-state index contributed by atoms with van der Waals surface area (Å²) in [4.78, 5) is 23.6. The van der Waals surface area contributed by atoms with E-state index in [1.807, 2.05) is 0 Å². The number of aliphatic hydroxyl groups excluding tert-OH is 1. The second kappa shape index (κ2) is 9.48. The molecule has 0 heterocycles. The van der Waals surface area contributed by atoms with Crippen LogP contribution in [0.2, 0.25) is 0 Å². The van der Waals surface area contributed by atoms with E-state index in [4.69, 9.17) is 4.74 Å². The molecule has 0 aromatic heterocycles. The summed E-state index contributed by atoms with van der Waals surface area (Å²) in [6.45, 7) is 6.11. The highest BCUT2D eigenvalue weighted by Crippen LogP contribution is 2.31. The number of hydrogen-bond donors (Lipinski definition) is 2. The van der Waals surface area contributed by atoms with Crippen molar-refractivity contribution in [2.24, 2.45) is 5.92 Å². The first-order chi connectivity index (χ1) is 12.0. The van der Waals surface area contributed by atoms with Crippen LogP contribution >= 0.6 is 0 Å². The smallest absolute Gasteiger partial charge is 0.407 e. The number of amides is 1. The first-order valence-corrected chi connectivity index (χ1v) is 9.20. The van der Waals surface area contributed by atoms with E-state index in [-0.39, 0.29) is 18.9 Å². The number of alkyl carbamates (subject to hydrolysis) is 1. The van der Waals surface area contributed by atoms with Gasteiger partial charge in [-0.25, -0.2) is 9.59 Å². The third kappa shape index (κ3) is 7.05. The van der Waals surface area contributed by atoms with Crippen molar-refractivity contribution in [1.82, 2.24) is 5.32 Å². The molecule has 1 saturated carbocycles. The van der Waals surface area contributed by atoms with Gasteiger partial charge in [-0.05, 0) is 40.0 Å². The summed E-state index contributed by atoms with van der Waals surface area (Å²) in [7, 11) is 0. The number of rotatable bonds is 7. The molecule has 26 heavy (non-hydrogen) atoms. The molecule has 0 bridgehead atoms. The minimum absolute atomic E-state index is 0.0938. The van der Waals surface area contributed by atoms with Crippen molar-refractivity contribution in [1.29, 1.82) is 0 Å². The summed E-state index contributed by atoms with van der Waals surface area (Å²) in [6, 6.07) is -1.31. The fraction of sp³-hybridized carbons (Fsp3) is 0.889.